The third kappa shape index (κ3) is 27.3. The Kier molecular flexibility index (Phi) is 29.8. The molecule has 0 aromatic heterocycles. The van der Waals surface area contributed by atoms with Crippen molar-refractivity contribution in [2.45, 2.75) is 175 Å². The van der Waals surface area contributed by atoms with Crippen LogP contribution in [0.15, 0.2) is 0 Å². The normalized spacial score (nSPS) is 13.2. The number of nitrogens with zero attached hydrogens (tertiary/aromatic N) is 1. The molecule has 0 radical (unpaired) electrons. The van der Waals surface area contributed by atoms with Crippen LogP contribution in [0, 0.1) is 5.92 Å². The Morgan fingerprint density at radius 2 is 1.18 bits per heavy atom. The summed E-state index contributed by atoms with van der Waals surface area (Å²) in [6, 6.07) is 0. The first kappa shape index (κ1) is 38.4. The number of hydrogen-bond donors (Lipinski definition) is 2. The molecule has 0 bridgehead atoms. The minimum atomic E-state index is -0.322. The highest BCUT2D eigenvalue weighted by atomic mass is 16.5. The molecular formula is C34H69NO4. The molecule has 2 atom stereocenters. The fourth-order valence-electron chi connectivity index (χ4n) is 5.47. The summed E-state index contributed by atoms with van der Waals surface area (Å²) in [4.78, 5) is 14.6. The van der Waals surface area contributed by atoms with Gasteiger partial charge < -0.3 is 19.8 Å². The van der Waals surface area contributed by atoms with E-state index in [1.807, 2.05) is 0 Å². The summed E-state index contributed by atoms with van der Waals surface area (Å²) in [7, 11) is 0. The molecule has 234 valence electrons. The van der Waals surface area contributed by atoms with E-state index in [0.29, 0.717) is 13.0 Å². The topological polar surface area (TPSA) is 70.0 Å². The Labute approximate surface area is 243 Å². The number of carbonyl (C=O) groups excluding carboxylic acids is 1. The second-order valence-electron chi connectivity index (χ2n) is 12.0. The van der Waals surface area contributed by atoms with Crippen LogP contribution in [0.3, 0.4) is 0 Å². The van der Waals surface area contributed by atoms with Crippen LogP contribution >= 0.6 is 0 Å². The van der Waals surface area contributed by atoms with E-state index in [-0.39, 0.29) is 18.7 Å². The third-order valence-corrected chi connectivity index (χ3v) is 8.05. The van der Waals surface area contributed by atoms with Crippen LogP contribution in [0.25, 0.3) is 0 Å². The summed E-state index contributed by atoms with van der Waals surface area (Å²) in [5, 5.41) is 19.6. The van der Waals surface area contributed by atoms with Crippen LogP contribution in [0.2, 0.25) is 0 Å². The van der Waals surface area contributed by atoms with Gasteiger partial charge in [-0.15, -0.1) is 0 Å². The van der Waals surface area contributed by atoms with Gasteiger partial charge in [-0.05, 0) is 70.4 Å². The molecule has 2 unspecified atom stereocenters. The van der Waals surface area contributed by atoms with Crippen LogP contribution in [0.1, 0.15) is 168 Å². The molecule has 0 aromatic rings. The quantitative estimate of drug-likeness (QED) is 0.0660. The van der Waals surface area contributed by atoms with Gasteiger partial charge in [-0.25, -0.2) is 0 Å². The Hall–Kier alpha value is -0.650. The summed E-state index contributed by atoms with van der Waals surface area (Å²) in [5.74, 6) is 0.780. The molecule has 0 aliphatic rings. The van der Waals surface area contributed by atoms with Gasteiger partial charge in [0.05, 0.1) is 12.7 Å². The lowest BCUT2D eigenvalue weighted by molar-refractivity contribution is -0.143. The standard InChI is InChI=1S/C34H69NO4/c1-4-7-10-12-18-27-35(28-19-13-20-29-36)31-33(37)25-17-21-30-39-34(38)26-16-15-24-32(22-9-6-3)23-14-11-8-5-2/h32-33,36-37H,4-31H2,1-3H3. The molecule has 5 heteroatoms. The minimum Gasteiger partial charge on any atom is -0.466 e. The van der Waals surface area contributed by atoms with Crippen molar-refractivity contribution < 1.29 is 19.7 Å². The van der Waals surface area contributed by atoms with Gasteiger partial charge in [-0.2, -0.15) is 0 Å². The van der Waals surface area contributed by atoms with Gasteiger partial charge in [0.2, 0.25) is 0 Å². The van der Waals surface area contributed by atoms with Gasteiger partial charge in [-0.3, -0.25) is 4.79 Å². The molecule has 0 heterocycles. The number of rotatable bonds is 31. The molecule has 0 rings (SSSR count). The number of hydrogen-bond acceptors (Lipinski definition) is 5. The lowest BCUT2D eigenvalue weighted by Crippen LogP contribution is -2.34. The molecule has 0 spiro atoms. The monoisotopic (exact) mass is 556 g/mol. The fourth-order valence-corrected chi connectivity index (χ4v) is 5.47. The van der Waals surface area contributed by atoms with Crippen LogP contribution < -0.4 is 0 Å². The van der Waals surface area contributed by atoms with Gasteiger partial charge in [0.1, 0.15) is 0 Å². The maximum Gasteiger partial charge on any atom is 0.305 e. The second-order valence-corrected chi connectivity index (χ2v) is 12.0. The largest absolute Gasteiger partial charge is 0.466 e. The smallest absolute Gasteiger partial charge is 0.305 e. The summed E-state index contributed by atoms with van der Waals surface area (Å²) >= 11 is 0. The first-order valence-corrected chi connectivity index (χ1v) is 17.2. The van der Waals surface area contributed by atoms with Crippen LogP contribution in [-0.2, 0) is 9.53 Å². The molecular weight excluding hydrogens is 486 g/mol. The molecule has 0 saturated heterocycles. The van der Waals surface area contributed by atoms with Crippen molar-refractivity contribution in [1.29, 1.82) is 0 Å². The SMILES string of the molecule is CCCCCCCN(CCCCCO)CC(O)CCCCOC(=O)CCCCC(CCCC)CCCCCC. The predicted molar refractivity (Wildman–Crippen MR) is 167 cm³/mol. The lowest BCUT2D eigenvalue weighted by Gasteiger charge is -2.25. The van der Waals surface area contributed by atoms with E-state index >= 15 is 0 Å². The second kappa shape index (κ2) is 30.3. The Bertz CT molecular complexity index is 502. The first-order chi connectivity index (χ1) is 19.1. The van der Waals surface area contributed by atoms with E-state index in [0.717, 1.165) is 76.9 Å². The Morgan fingerprint density at radius 3 is 1.82 bits per heavy atom. The van der Waals surface area contributed by atoms with Gasteiger partial charge in [-0.1, -0.05) is 111 Å². The molecule has 0 amide bonds. The number of aliphatic hydroxyl groups excluding tert-OH is 2. The zero-order valence-corrected chi connectivity index (χ0v) is 26.6. The van der Waals surface area contributed by atoms with E-state index in [4.69, 9.17) is 9.84 Å². The van der Waals surface area contributed by atoms with Crippen molar-refractivity contribution in [3.63, 3.8) is 0 Å². The number of esters is 1. The number of aliphatic hydroxyl groups is 2. The van der Waals surface area contributed by atoms with E-state index in [1.165, 1.54) is 89.9 Å². The van der Waals surface area contributed by atoms with Gasteiger partial charge in [0.15, 0.2) is 0 Å². The predicted octanol–water partition coefficient (Wildman–Crippen LogP) is 8.83. The van der Waals surface area contributed by atoms with Crippen molar-refractivity contribution in [2.24, 2.45) is 5.92 Å². The van der Waals surface area contributed by atoms with Crippen molar-refractivity contribution >= 4 is 5.97 Å². The number of ether oxygens (including phenoxy) is 1. The van der Waals surface area contributed by atoms with Crippen molar-refractivity contribution in [3.05, 3.63) is 0 Å². The number of unbranched alkanes of at least 4 members (excludes halogenated alkanes) is 12. The van der Waals surface area contributed by atoms with Gasteiger partial charge in [0, 0.05) is 19.6 Å². The van der Waals surface area contributed by atoms with E-state index < -0.39 is 0 Å². The number of carbonyl (C=O) groups is 1. The van der Waals surface area contributed by atoms with E-state index in [1.54, 1.807) is 0 Å². The summed E-state index contributed by atoms with van der Waals surface area (Å²) in [6.07, 6.45) is 26.1. The Morgan fingerprint density at radius 1 is 0.641 bits per heavy atom. The van der Waals surface area contributed by atoms with Crippen LogP contribution in [0.4, 0.5) is 0 Å². The maximum absolute atomic E-state index is 12.2. The fraction of sp³-hybridized carbons (Fsp3) is 0.971. The van der Waals surface area contributed by atoms with Crippen molar-refractivity contribution in [3.8, 4) is 0 Å². The molecule has 5 nitrogen and oxygen atoms in total. The maximum atomic E-state index is 12.2. The third-order valence-electron chi connectivity index (χ3n) is 8.05. The highest BCUT2D eigenvalue weighted by molar-refractivity contribution is 5.69. The van der Waals surface area contributed by atoms with Crippen molar-refractivity contribution in [2.75, 3.05) is 32.8 Å². The molecule has 0 saturated carbocycles. The van der Waals surface area contributed by atoms with Crippen LogP contribution in [0.5, 0.6) is 0 Å². The van der Waals surface area contributed by atoms with E-state index in [2.05, 4.69) is 25.7 Å². The van der Waals surface area contributed by atoms with Crippen LogP contribution in [-0.4, -0.2) is 60.0 Å². The average molecular weight is 556 g/mol. The molecule has 0 aromatic carbocycles. The molecule has 0 fully saturated rings. The first-order valence-electron chi connectivity index (χ1n) is 17.2. The van der Waals surface area contributed by atoms with Gasteiger partial charge >= 0.3 is 5.97 Å². The molecule has 39 heavy (non-hydrogen) atoms. The highest BCUT2D eigenvalue weighted by Crippen LogP contribution is 2.23. The highest BCUT2D eigenvalue weighted by Gasteiger charge is 2.13. The summed E-state index contributed by atoms with van der Waals surface area (Å²) in [6.45, 7) is 10.3. The zero-order chi connectivity index (χ0) is 28.8. The van der Waals surface area contributed by atoms with Gasteiger partial charge in [0.25, 0.3) is 0 Å². The lowest BCUT2D eigenvalue weighted by atomic mass is 9.90. The zero-order valence-electron chi connectivity index (χ0n) is 26.6. The minimum absolute atomic E-state index is 0.0549. The molecule has 2 N–H and O–H groups in total. The average Bonchev–Trinajstić information content (AvgIpc) is 2.93. The van der Waals surface area contributed by atoms with E-state index in [9.17, 15) is 9.90 Å². The Balaban J connectivity index is 4.01. The summed E-state index contributed by atoms with van der Waals surface area (Å²) < 4.78 is 5.48. The molecule has 0 aliphatic heterocycles. The molecule has 0 aliphatic carbocycles. The summed E-state index contributed by atoms with van der Waals surface area (Å²) in [5.41, 5.74) is 0. The van der Waals surface area contributed by atoms with Crippen molar-refractivity contribution in [1.82, 2.24) is 4.90 Å².